The van der Waals surface area contributed by atoms with E-state index >= 15 is 0 Å². The molecule has 43 heavy (non-hydrogen) atoms. The summed E-state index contributed by atoms with van der Waals surface area (Å²) in [5.41, 5.74) is 2.58. The van der Waals surface area contributed by atoms with Crippen molar-refractivity contribution in [2.24, 2.45) is 5.92 Å². The summed E-state index contributed by atoms with van der Waals surface area (Å²) in [7, 11) is 1.51. The first-order chi connectivity index (χ1) is 21.0. The smallest absolute Gasteiger partial charge is 0.238 e. The fourth-order valence-electron chi connectivity index (χ4n) is 7.43. The zero-order chi connectivity index (χ0) is 29.3. The highest BCUT2D eigenvalue weighted by Gasteiger charge is 2.71. The van der Waals surface area contributed by atoms with Gasteiger partial charge in [0.15, 0.2) is 11.5 Å². The highest BCUT2D eigenvalue weighted by molar-refractivity contribution is 6.17. The Bertz CT molecular complexity index is 1970. The Morgan fingerprint density at radius 2 is 1.63 bits per heavy atom. The second-order valence-electron chi connectivity index (χ2n) is 11.2. The number of amides is 1. The minimum Gasteiger partial charge on any atom is -0.496 e. The van der Waals surface area contributed by atoms with Crippen molar-refractivity contribution in [3.8, 4) is 5.75 Å². The Kier molecular flexibility index (Phi) is 5.46. The summed E-state index contributed by atoms with van der Waals surface area (Å²) in [5, 5.41) is 3.84. The van der Waals surface area contributed by atoms with Crippen LogP contribution in [0, 0.1) is 5.92 Å². The normalized spacial score (nSPS) is 23.1. The van der Waals surface area contributed by atoms with E-state index in [9.17, 15) is 14.4 Å². The number of para-hydroxylation sites is 3. The second-order valence-corrected chi connectivity index (χ2v) is 11.2. The fraction of sp³-hybridized carbons (Fsp3) is 0.139. The molecule has 0 aliphatic carbocycles. The van der Waals surface area contributed by atoms with Crippen LogP contribution in [-0.4, -0.2) is 35.5 Å². The predicted octanol–water partition coefficient (Wildman–Crippen LogP) is 6.42. The van der Waals surface area contributed by atoms with Gasteiger partial charge in [-0.05, 0) is 53.1 Å². The van der Waals surface area contributed by atoms with Gasteiger partial charge in [-0.2, -0.15) is 0 Å². The Labute approximate surface area is 247 Å². The summed E-state index contributed by atoms with van der Waals surface area (Å²) in [6.45, 7) is 0. The lowest BCUT2D eigenvalue weighted by molar-refractivity contribution is -0.122. The van der Waals surface area contributed by atoms with Crippen LogP contribution in [0.5, 0.6) is 5.75 Å². The lowest BCUT2D eigenvalue weighted by atomic mass is 9.63. The van der Waals surface area contributed by atoms with Crippen LogP contribution in [0.25, 0.3) is 17.0 Å². The minimum atomic E-state index is -1.43. The number of fused-ring (bicyclic) bond motifs is 7. The first-order valence-electron chi connectivity index (χ1n) is 14.2. The second kappa shape index (κ2) is 9.29. The third kappa shape index (κ3) is 3.39. The van der Waals surface area contributed by atoms with E-state index in [1.165, 1.54) is 7.11 Å². The maximum atomic E-state index is 15.0. The van der Waals surface area contributed by atoms with Crippen LogP contribution in [0.4, 0.5) is 5.69 Å². The Morgan fingerprint density at radius 3 is 2.49 bits per heavy atom. The average molecular weight is 567 g/mol. The Morgan fingerprint density at radius 1 is 0.884 bits per heavy atom. The van der Waals surface area contributed by atoms with Gasteiger partial charge in [0, 0.05) is 17.3 Å². The van der Waals surface area contributed by atoms with Crippen LogP contribution >= 0.6 is 0 Å². The van der Waals surface area contributed by atoms with E-state index in [4.69, 9.17) is 9.15 Å². The molecule has 0 saturated carbocycles. The van der Waals surface area contributed by atoms with Gasteiger partial charge in [0.2, 0.25) is 11.7 Å². The van der Waals surface area contributed by atoms with Gasteiger partial charge >= 0.3 is 0 Å². The zero-order valence-corrected chi connectivity index (χ0v) is 23.2. The Balaban J connectivity index is 1.44. The van der Waals surface area contributed by atoms with Crippen LogP contribution in [0.1, 0.15) is 43.6 Å². The maximum Gasteiger partial charge on any atom is 0.238 e. The van der Waals surface area contributed by atoms with Gasteiger partial charge in [-0.3, -0.25) is 14.4 Å². The van der Waals surface area contributed by atoms with Crippen molar-refractivity contribution < 1.29 is 23.5 Å². The number of furan rings is 1. The number of rotatable bonds is 5. The molecule has 0 unspecified atom stereocenters. The molecule has 4 heterocycles. The van der Waals surface area contributed by atoms with Gasteiger partial charge in [-0.15, -0.1) is 0 Å². The van der Waals surface area contributed by atoms with Gasteiger partial charge in [-0.1, -0.05) is 72.8 Å². The summed E-state index contributed by atoms with van der Waals surface area (Å²) in [6.07, 6.45) is 3.79. The molecule has 1 N–H and O–H groups in total. The molecular formula is C36H26N2O5. The van der Waals surface area contributed by atoms with Crippen molar-refractivity contribution in [1.82, 2.24) is 4.90 Å². The molecule has 3 aliphatic rings. The molecule has 4 atom stereocenters. The molecule has 7 nitrogen and oxygen atoms in total. The summed E-state index contributed by atoms with van der Waals surface area (Å²) in [6, 6.07) is 29.7. The van der Waals surface area contributed by atoms with Gasteiger partial charge in [0.1, 0.15) is 22.8 Å². The number of hydrogen-bond donors (Lipinski definition) is 1. The fourth-order valence-corrected chi connectivity index (χ4v) is 7.43. The van der Waals surface area contributed by atoms with E-state index in [0.29, 0.717) is 28.1 Å². The number of ether oxygens (including phenoxy) is 1. The van der Waals surface area contributed by atoms with E-state index in [0.717, 1.165) is 16.5 Å². The number of hydrogen-bond acceptors (Lipinski definition) is 6. The van der Waals surface area contributed by atoms with Crippen molar-refractivity contribution in [2.75, 3.05) is 12.4 Å². The molecule has 0 radical (unpaired) electrons. The average Bonchev–Trinajstić information content (AvgIpc) is 3.71. The van der Waals surface area contributed by atoms with Crippen LogP contribution in [0.3, 0.4) is 0 Å². The number of nitrogens with one attached hydrogen (secondary N) is 1. The summed E-state index contributed by atoms with van der Waals surface area (Å²) >= 11 is 0. The van der Waals surface area contributed by atoms with Crippen LogP contribution in [-0.2, 0) is 10.2 Å². The maximum absolute atomic E-state index is 15.0. The van der Waals surface area contributed by atoms with E-state index in [1.54, 1.807) is 36.4 Å². The van der Waals surface area contributed by atoms with Gasteiger partial charge in [0.25, 0.3) is 0 Å². The largest absolute Gasteiger partial charge is 0.496 e. The van der Waals surface area contributed by atoms with Crippen LogP contribution in [0.2, 0.25) is 0 Å². The van der Waals surface area contributed by atoms with Crippen molar-refractivity contribution in [2.45, 2.75) is 17.5 Å². The molecule has 1 amide bonds. The molecule has 1 saturated heterocycles. The van der Waals surface area contributed by atoms with Crippen molar-refractivity contribution >= 4 is 40.2 Å². The minimum absolute atomic E-state index is 0.109. The van der Waals surface area contributed by atoms with Crippen LogP contribution in [0.15, 0.2) is 114 Å². The summed E-state index contributed by atoms with van der Waals surface area (Å²) in [5.74, 6) is -1.66. The van der Waals surface area contributed by atoms with Crippen molar-refractivity contribution in [3.63, 3.8) is 0 Å². The van der Waals surface area contributed by atoms with E-state index < -0.39 is 29.2 Å². The standard InChI is InChI=1S/C36H26N2O5/c1-42-28-17-9-5-13-24(28)32(39)31-30(33(40)29-20-22-11-3-8-16-27(22)43-29)36(25-14-6-7-15-26(25)37-35(36)41)34-23-12-4-2-10-21(23)18-19-38(31)34/h2-20,30-31,34H,1H3,(H,37,41)/t30-,31-,34+,36-/m0/s1. The SMILES string of the molecule is COc1ccccc1C(=O)[C@@H]1[C@@H](C(=O)c2cc3ccccc3o2)[C@]2(C(=O)Nc3ccccc32)[C@H]2c3ccccc3C=CN12. The zero-order valence-electron chi connectivity index (χ0n) is 23.2. The quantitative estimate of drug-likeness (QED) is 0.247. The molecule has 8 rings (SSSR count). The van der Waals surface area contributed by atoms with Gasteiger partial charge in [-0.25, -0.2) is 0 Å². The number of benzene rings is 4. The monoisotopic (exact) mass is 566 g/mol. The molecule has 1 spiro atoms. The van der Waals surface area contributed by atoms with E-state index in [-0.39, 0.29) is 17.5 Å². The first-order valence-corrected chi connectivity index (χ1v) is 14.2. The topological polar surface area (TPSA) is 88.9 Å². The summed E-state index contributed by atoms with van der Waals surface area (Å²) in [4.78, 5) is 46.3. The summed E-state index contributed by atoms with van der Waals surface area (Å²) < 4.78 is 11.7. The van der Waals surface area contributed by atoms with Crippen molar-refractivity contribution in [1.29, 1.82) is 0 Å². The number of carbonyl (C=O) groups is 3. The molecule has 5 aromatic rings. The van der Waals surface area contributed by atoms with Gasteiger partial charge in [0.05, 0.1) is 24.6 Å². The molecule has 1 aromatic heterocycles. The number of ketones is 2. The number of carbonyl (C=O) groups excluding carboxylic acids is 3. The molecular weight excluding hydrogens is 540 g/mol. The number of nitrogens with zero attached hydrogens (tertiary/aromatic N) is 1. The molecule has 7 heteroatoms. The molecule has 0 bridgehead atoms. The highest BCUT2D eigenvalue weighted by Crippen LogP contribution is 2.62. The van der Waals surface area contributed by atoms with Gasteiger partial charge < -0.3 is 19.4 Å². The molecule has 3 aliphatic heterocycles. The molecule has 4 aromatic carbocycles. The predicted molar refractivity (Wildman–Crippen MR) is 162 cm³/mol. The number of anilines is 1. The number of Topliss-reactive ketones (excluding diaryl/α,β-unsaturated/α-hetero) is 2. The number of methoxy groups -OCH3 is 1. The lowest BCUT2D eigenvalue weighted by Gasteiger charge is -2.38. The first kappa shape index (κ1) is 25.3. The van der Waals surface area contributed by atoms with Crippen LogP contribution < -0.4 is 10.1 Å². The van der Waals surface area contributed by atoms with E-state index in [1.807, 2.05) is 83.9 Å². The molecule has 210 valence electrons. The highest BCUT2D eigenvalue weighted by atomic mass is 16.5. The Hall–Kier alpha value is -5.43. The van der Waals surface area contributed by atoms with Crippen molar-refractivity contribution in [3.05, 3.63) is 137 Å². The third-order valence-electron chi connectivity index (χ3n) is 9.16. The van der Waals surface area contributed by atoms with E-state index in [2.05, 4.69) is 5.32 Å². The third-order valence-corrected chi connectivity index (χ3v) is 9.16. The lowest BCUT2D eigenvalue weighted by Crippen LogP contribution is -2.49. The molecule has 1 fully saturated rings.